The average molecular weight is 347 g/mol. The second kappa shape index (κ2) is 6.10. The Hall–Kier alpha value is -0.133. The molecular weight excluding hydrogens is 320 g/mol. The van der Waals surface area contributed by atoms with Gasteiger partial charge in [-0.05, 0) is 40.0 Å². The Bertz CT molecular complexity index is 422. The molecule has 0 saturated heterocycles. The molecule has 0 unspecified atom stereocenters. The van der Waals surface area contributed by atoms with Crippen molar-refractivity contribution in [1.29, 1.82) is 0 Å². The molecule has 0 atom stereocenters. The van der Waals surface area contributed by atoms with Crippen molar-refractivity contribution < 1.29 is 4.43 Å². The summed E-state index contributed by atoms with van der Waals surface area (Å²) < 4.78 is 9.24. The summed E-state index contributed by atoms with van der Waals surface area (Å²) in [5, 5.41) is 4.86. The summed E-state index contributed by atoms with van der Waals surface area (Å²) in [6.07, 6.45) is 2.05. The molecule has 1 aromatic rings. The first-order valence-corrected chi connectivity index (χ1v) is 10.6. The molecule has 0 spiro atoms. The summed E-state index contributed by atoms with van der Waals surface area (Å²) in [4.78, 5) is 0. The van der Waals surface area contributed by atoms with Gasteiger partial charge in [-0.25, -0.2) is 0 Å². The second-order valence-corrected chi connectivity index (χ2v) is 12.6. The summed E-state index contributed by atoms with van der Waals surface area (Å²) in [5.74, 6) is 0.442. The molecule has 19 heavy (non-hydrogen) atoms. The standard InChI is InChI=1S/C14H27BrN2OSi/c1-11(2)13-12(15)10-17(16-13)8-9-18-19(6,7)14(3,4)5/h10-11H,8-9H2,1-7H3. The van der Waals surface area contributed by atoms with E-state index < -0.39 is 8.32 Å². The zero-order valence-electron chi connectivity index (χ0n) is 13.2. The van der Waals surface area contributed by atoms with Gasteiger partial charge in [0, 0.05) is 6.20 Å². The van der Waals surface area contributed by atoms with Crippen LogP contribution in [0.4, 0.5) is 0 Å². The maximum absolute atomic E-state index is 6.17. The van der Waals surface area contributed by atoms with E-state index in [4.69, 9.17) is 4.43 Å². The van der Waals surface area contributed by atoms with Gasteiger partial charge < -0.3 is 4.43 Å². The first kappa shape index (κ1) is 16.9. The van der Waals surface area contributed by atoms with Gasteiger partial charge in [0.2, 0.25) is 0 Å². The van der Waals surface area contributed by atoms with Crippen LogP contribution in [0, 0.1) is 0 Å². The van der Waals surface area contributed by atoms with Crippen molar-refractivity contribution in [1.82, 2.24) is 9.78 Å². The number of rotatable bonds is 5. The van der Waals surface area contributed by atoms with Crippen LogP contribution in [0.25, 0.3) is 0 Å². The van der Waals surface area contributed by atoms with Gasteiger partial charge in [-0.3, -0.25) is 4.68 Å². The van der Waals surface area contributed by atoms with Crippen molar-refractivity contribution >= 4 is 24.2 Å². The van der Waals surface area contributed by atoms with E-state index in [0.717, 1.165) is 23.3 Å². The molecule has 0 aromatic carbocycles. The first-order valence-electron chi connectivity index (χ1n) is 6.91. The van der Waals surface area contributed by atoms with Crippen molar-refractivity contribution in [3.8, 4) is 0 Å². The Kier molecular flexibility index (Phi) is 5.43. The minimum atomic E-state index is -1.64. The molecule has 0 aliphatic carbocycles. The zero-order valence-corrected chi connectivity index (χ0v) is 15.8. The third kappa shape index (κ3) is 4.43. The lowest BCUT2D eigenvalue weighted by atomic mass is 10.1. The highest BCUT2D eigenvalue weighted by Gasteiger charge is 2.36. The van der Waals surface area contributed by atoms with Crippen LogP contribution in [0.1, 0.15) is 46.2 Å². The normalized spacial score (nSPS) is 13.3. The fourth-order valence-electron chi connectivity index (χ4n) is 1.53. The van der Waals surface area contributed by atoms with Crippen LogP contribution in [0.5, 0.6) is 0 Å². The number of nitrogens with zero attached hydrogens (tertiary/aromatic N) is 2. The van der Waals surface area contributed by atoms with Gasteiger partial charge in [0.1, 0.15) is 0 Å². The van der Waals surface area contributed by atoms with Gasteiger partial charge >= 0.3 is 0 Å². The number of hydrogen-bond acceptors (Lipinski definition) is 2. The Morgan fingerprint density at radius 2 is 1.95 bits per heavy atom. The second-order valence-electron chi connectivity index (χ2n) is 6.89. The van der Waals surface area contributed by atoms with Crippen LogP contribution in [0.3, 0.4) is 0 Å². The van der Waals surface area contributed by atoms with Crippen LogP contribution < -0.4 is 0 Å². The maximum atomic E-state index is 6.17. The number of hydrogen-bond donors (Lipinski definition) is 0. The van der Waals surface area contributed by atoms with E-state index in [0.29, 0.717) is 5.92 Å². The molecule has 0 aliphatic heterocycles. The molecule has 1 heterocycles. The van der Waals surface area contributed by atoms with Gasteiger partial charge in [-0.15, -0.1) is 0 Å². The third-order valence-electron chi connectivity index (χ3n) is 3.88. The van der Waals surface area contributed by atoms with E-state index in [9.17, 15) is 0 Å². The monoisotopic (exact) mass is 346 g/mol. The van der Waals surface area contributed by atoms with E-state index in [1.54, 1.807) is 0 Å². The SMILES string of the molecule is CC(C)c1nn(CCO[Si](C)(C)C(C)(C)C)cc1Br. The zero-order chi connectivity index (χ0) is 14.8. The molecule has 1 aromatic heterocycles. The smallest absolute Gasteiger partial charge is 0.192 e. The summed E-state index contributed by atoms with van der Waals surface area (Å²) in [7, 11) is -1.64. The predicted octanol–water partition coefficient (Wildman–Crippen LogP) is 4.79. The average Bonchev–Trinajstić information content (AvgIpc) is 2.57. The van der Waals surface area contributed by atoms with Crippen LogP contribution >= 0.6 is 15.9 Å². The largest absolute Gasteiger partial charge is 0.415 e. The number of aromatic nitrogens is 2. The van der Waals surface area contributed by atoms with Crippen LogP contribution in [0.2, 0.25) is 18.1 Å². The predicted molar refractivity (Wildman–Crippen MR) is 87.2 cm³/mol. The van der Waals surface area contributed by atoms with E-state index in [-0.39, 0.29) is 5.04 Å². The molecule has 0 N–H and O–H groups in total. The lowest BCUT2D eigenvalue weighted by molar-refractivity contribution is 0.265. The van der Waals surface area contributed by atoms with E-state index in [1.165, 1.54) is 0 Å². The van der Waals surface area contributed by atoms with Crippen molar-refractivity contribution in [3.05, 3.63) is 16.4 Å². The van der Waals surface area contributed by atoms with E-state index >= 15 is 0 Å². The lowest BCUT2D eigenvalue weighted by Gasteiger charge is -2.36. The highest BCUT2D eigenvalue weighted by atomic mass is 79.9. The molecule has 0 aliphatic rings. The molecule has 0 fully saturated rings. The highest BCUT2D eigenvalue weighted by Crippen LogP contribution is 2.36. The summed E-state index contributed by atoms with van der Waals surface area (Å²) in [6.45, 7) is 17.2. The molecule has 0 saturated carbocycles. The van der Waals surface area contributed by atoms with Crippen molar-refractivity contribution in [2.45, 2.75) is 65.2 Å². The third-order valence-corrected chi connectivity index (χ3v) is 9.03. The topological polar surface area (TPSA) is 27.1 Å². The van der Waals surface area contributed by atoms with E-state index in [2.05, 4.69) is 68.7 Å². The van der Waals surface area contributed by atoms with Crippen molar-refractivity contribution in [3.63, 3.8) is 0 Å². The molecule has 5 heteroatoms. The quantitative estimate of drug-likeness (QED) is 0.716. The van der Waals surface area contributed by atoms with Crippen LogP contribution in [0.15, 0.2) is 10.7 Å². The first-order chi connectivity index (χ1) is 8.54. The molecule has 0 bridgehead atoms. The van der Waals surface area contributed by atoms with Gasteiger partial charge in [-0.1, -0.05) is 34.6 Å². The summed E-state index contributed by atoms with van der Waals surface area (Å²) in [5.41, 5.74) is 1.12. The molecule has 110 valence electrons. The van der Waals surface area contributed by atoms with Crippen molar-refractivity contribution in [2.75, 3.05) is 6.61 Å². The highest BCUT2D eigenvalue weighted by molar-refractivity contribution is 9.10. The molecule has 1 rings (SSSR count). The molecular formula is C14H27BrN2OSi. The van der Waals surface area contributed by atoms with Crippen LogP contribution in [-0.2, 0) is 11.0 Å². The van der Waals surface area contributed by atoms with Gasteiger partial charge in [0.05, 0.1) is 23.3 Å². The fourth-order valence-corrected chi connectivity index (χ4v) is 3.34. The van der Waals surface area contributed by atoms with E-state index in [1.807, 2.05) is 10.9 Å². The maximum Gasteiger partial charge on any atom is 0.192 e. The Morgan fingerprint density at radius 3 is 2.37 bits per heavy atom. The lowest BCUT2D eigenvalue weighted by Crippen LogP contribution is -2.41. The fraction of sp³-hybridized carbons (Fsp3) is 0.786. The summed E-state index contributed by atoms with van der Waals surface area (Å²) >= 11 is 3.57. The minimum Gasteiger partial charge on any atom is -0.415 e. The van der Waals surface area contributed by atoms with Gasteiger partial charge in [0.25, 0.3) is 0 Å². The van der Waals surface area contributed by atoms with Gasteiger partial charge in [-0.2, -0.15) is 5.10 Å². The van der Waals surface area contributed by atoms with Gasteiger partial charge in [0.15, 0.2) is 8.32 Å². The van der Waals surface area contributed by atoms with Crippen LogP contribution in [-0.4, -0.2) is 24.7 Å². The van der Waals surface area contributed by atoms with Crippen molar-refractivity contribution in [2.24, 2.45) is 0 Å². The minimum absolute atomic E-state index is 0.265. The molecule has 0 radical (unpaired) electrons. The Labute approximate surface area is 127 Å². The molecule has 0 amide bonds. The molecule has 3 nitrogen and oxygen atoms in total. The Morgan fingerprint density at radius 1 is 1.37 bits per heavy atom. The number of halogens is 1. The summed E-state index contributed by atoms with van der Waals surface area (Å²) in [6, 6.07) is 0. The Balaban J connectivity index is 2.57.